The van der Waals surface area contributed by atoms with Crippen molar-refractivity contribution in [1.29, 1.82) is 0 Å². The van der Waals surface area contributed by atoms with Crippen LogP contribution in [-0.4, -0.2) is 23.4 Å². The molecule has 0 radical (unpaired) electrons. The number of hydrogen-bond donors (Lipinski definition) is 2. The second kappa shape index (κ2) is 8.21. The second-order valence-corrected chi connectivity index (χ2v) is 4.32. The molecule has 1 aromatic rings. The van der Waals surface area contributed by atoms with E-state index < -0.39 is 11.9 Å². The van der Waals surface area contributed by atoms with E-state index in [0.29, 0.717) is 19.4 Å². The number of carboxylic acid groups (broad SMARTS) is 1. The Morgan fingerprint density at radius 2 is 1.89 bits per heavy atom. The van der Waals surface area contributed by atoms with Crippen molar-refractivity contribution in [3.63, 3.8) is 0 Å². The van der Waals surface area contributed by atoms with Gasteiger partial charge in [-0.1, -0.05) is 42.8 Å². The Bertz CT molecular complexity index is 440. The molecule has 0 heterocycles. The maximum absolute atomic E-state index is 11.9. The highest BCUT2D eigenvalue weighted by Gasteiger charge is 2.23. The highest BCUT2D eigenvalue weighted by Crippen LogP contribution is 2.12. The summed E-state index contributed by atoms with van der Waals surface area (Å²) in [5.41, 5.74) is 6.23. The van der Waals surface area contributed by atoms with Gasteiger partial charge in [0.2, 0.25) is 0 Å². The van der Waals surface area contributed by atoms with Crippen LogP contribution in [0, 0.1) is 5.92 Å². The predicted octanol–water partition coefficient (Wildman–Crippen LogP) is 2.10. The molecule has 1 aromatic carbocycles. The lowest BCUT2D eigenvalue weighted by Crippen LogP contribution is -2.22. The fourth-order valence-electron chi connectivity index (χ4n) is 1.74. The first-order valence-electron chi connectivity index (χ1n) is 6.35. The Kier molecular flexibility index (Phi) is 6.53. The standard InChI is InChI=1S/C15H19NO3/c16-11-5-4-8-13(15(18)19)14(17)10-9-12-6-2-1-3-7-12/h1-3,6-7,9-10,13H,4-5,8,11,16H2,(H,18,19)/b10-9+. The number of hydrogen-bond acceptors (Lipinski definition) is 3. The van der Waals surface area contributed by atoms with Gasteiger partial charge < -0.3 is 10.8 Å². The molecule has 102 valence electrons. The molecule has 0 aliphatic carbocycles. The molecule has 1 atom stereocenters. The number of unbranched alkanes of at least 4 members (excludes halogenated alkanes) is 1. The SMILES string of the molecule is NCCCCC(C(=O)O)C(=O)/C=C/c1ccccc1. The van der Waals surface area contributed by atoms with Crippen molar-refractivity contribution in [2.24, 2.45) is 11.7 Å². The Morgan fingerprint density at radius 3 is 2.47 bits per heavy atom. The number of benzene rings is 1. The van der Waals surface area contributed by atoms with Gasteiger partial charge in [0.15, 0.2) is 5.78 Å². The molecule has 1 rings (SSSR count). The normalized spacial score (nSPS) is 12.5. The number of nitrogens with two attached hydrogens (primary N) is 1. The van der Waals surface area contributed by atoms with Crippen LogP contribution in [0.4, 0.5) is 0 Å². The predicted molar refractivity (Wildman–Crippen MR) is 74.5 cm³/mol. The van der Waals surface area contributed by atoms with Crippen molar-refractivity contribution in [3.05, 3.63) is 42.0 Å². The average molecular weight is 261 g/mol. The topological polar surface area (TPSA) is 80.4 Å². The highest BCUT2D eigenvalue weighted by molar-refractivity contribution is 6.06. The third-order valence-corrected chi connectivity index (χ3v) is 2.83. The molecule has 4 heteroatoms. The first kappa shape index (κ1) is 15.1. The molecule has 4 nitrogen and oxygen atoms in total. The Morgan fingerprint density at radius 1 is 1.21 bits per heavy atom. The first-order valence-corrected chi connectivity index (χ1v) is 6.35. The van der Waals surface area contributed by atoms with Crippen LogP contribution in [-0.2, 0) is 9.59 Å². The van der Waals surface area contributed by atoms with E-state index in [2.05, 4.69) is 0 Å². The third-order valence-electron chi connectivity index (χ3n) is 2.83. The number of allylic oxidation sites excluding steroid dienone is 1. The fourth-order valence-corrected chi connectivity index (χ4v) is 1.74. The monoisotopic (exact) mass is 261 g/mol. The number of carbonyl (C=O) groups excluding carboxylic acids is 1. The van der Waals surface area contributed by atoms with Gasteiger partial charge >= 0.3 is 5.97 Å². The Hall–Kier alpha value is -1.94. The van der Waals surface area contributed by atoms with E-state index in [1.165, 1.54) is 6.08 Å². The van der Waals surface area contributed by atoms with Crippen LogP contribution in [0.3, 0.4) is 0 Å². The van der Waals surface area contributed by atoms with E-state index >= 15 is 0 Å². The van der Waals surface area contributed by atoms with Crippen LogP contribution in [0.2, 0.25) is 0 Å². The highest BCUT2D eigenvalue weighted by atomic mass is 16.4. The number of rotatable bonds is 8. The summed E-state index contributed by atoms with van der Waals surface area (Å²) in [6, 6.07) is 9.31. The summed E-state index contributed by atoms with van der Waals surface area (Å²) in [5, 5.41) is 9.05. The molecule has 1 unspecified atom stereocenters. The molecule has 0 bridgehead atoms. The summed E-state index contributed by atoms with van der Waals surface area (Å²) in [5.74, 6) is -2.40. The van der Waals surface area contributed by atoms with Crippen LogP contribution in [0.1, 0.15) is 24.8 Å². The first-order chi connectivity index (χ1) is 9.15. The van der Waals surface area contributed by atoms with Gasteiger partial charge in [0.05, 0.1) is 0 Å². The summed E-state index contributed by atoms with van der Waals surface area (Å²) < 4.78 is 0. The zero-order chi connectivity index (χ0) is 14.1. The molecule has 0 amide bonds. The number of carboxylic acids is 1. The van der Waals surface area contributed by atoms with Gasteiger partial charge in [-0.3, -0.25) is 9.59 Å². The van der Waals surface area contributed by atoms with Crippen molar-refractivity contribution in [1.82, 2.24) is 0 Å². The van der Waals surface area contributed by atoms with E-state index in [1.807, 2.05) is 30.3 Å². The Labute approximate surface area is 112 Å². The lowest BCUT2D eigenvalue weighted by Gasteiger charge is -2.08. The van der Waals surface area contributed by atoms with Gasteiger partial charge in [-0.2, -0.15) is 0 Å². The van der Waals surface area contributed by atoms with Crippen molar-refractivity contribution >= 4 is 17.8 Å². The number of carbonyl (C=O) groups is 2. The maximum Gasteiger partial charge on any atom is 0.314 e. The van der Waals surface area contributed by atoms with Crippen LogP contribution >= 0.6 is 0 Å². The van der Waals surface area contributed by atoms with Gasteiger partial charge in [-0.25, -0.2) is 0 Å². The molecule has 0 saturated carbocycles. The summed E-state index contributed by atoms with van der Waals surface area (Å²) in [6.45, 7) is 0.514. The minimum absolute atomic E-state index is 0.338. The van der Waals surface area contributed by atoms with E-state index in [4.69, 9.17) is 10.8 Å². The summed E-state index contributed by atoms with van der Waals surface area (Å²) >= 11 is 0. The third kappa shape index (κ3) is 5.48. The van der Waals surface area contributed by atoms with Crippen molar-refractivity contribution in [3.8, 4) is 0 Å². The molecule has 0 saturated heterocycles. The second-order valence-electron chi connectivity index (χ2n) is 4.32. The molecule has 3 N–H and O–H groups in total. The van der Waals surface area contributed by atoms with Crippen LogP contribution < -0.4 is 5.73 Å². The zero-order valence-electron chi connectivity index (χ0n) is 10.8. The molecular formula is C15H19NO3. The van der Waals surface area contributed by atoms with E-state index in [-0.39, 0.29) is 5.78 Å². The maximum atomic E-state index is 11.9. The van der Waals surface area contributed by atoms with Gasteiger partial charge in [-0.15, -0.1) is 0 Å². The van der Waals surface area contributed by atoms with Gasteiger partial charge in [0, 0.05) is 0 Å². The fraction of sp³-hybridized carbons (Fsp3) is 0.333. The summed E-state index contributed by atoms with van der Waals surface area (Å²) in [7, 11) is 0. The summed E-state index contributed by atoms with van der Waals surface area (Å²) in [4.78, 5) is 22.9. The molecule has 0 aromatic heterocycles. The van der Waals surface area contributed by atoms with Crippen molar-refractivity contribution in [2.45, 2.75) is 19.3 Å². The lowest BCUT2D eigenvalue weighted by atomic mass is 9.96. The minimum Gasteiger partial charge on any atom is -0.481 e. The van der Waals surface area contributed by atoms with Crippen LogP contribution in [0.5, 0.6) is 0 Å². The molecular weight excluding hydrogens is 242 g/mol. The molecule has 0 aliphatic rings. The molecule has 0 spiro atoms. The summed E-state index contributed by atoms with van der Waals surface area (Å²) in [6.07, 6.45) is 4.71. The Balaban J connectivity index is 2.62. The van der Waals surface area contributed by atoms with Gasteiger partial charge in [0.25, 0.3) is 0 Å². The van der Waals surface area contributed by atoms with E-state index in [9.17, 15) is 9.59 Å². The lowest BCUT2D eigenvalue weighted by molar-refractivity contribution is -0.145. The minimum atomic E-state index is -1.07. The zero-order valence-corrected chi connectivity index (χ0v) is 10.8. The van der Waals surface area contributed by atoms with Crippen molar-refractivity contribution < 1.29 is 14.7 Å². The average Bonchev–Trinajstić information content (AvgIpc) is 2.42. The van der Waals surface area contributed by atoms with Crippen molar-refractivity contribution in [2.75, 3.05) is 6.54 Å². The molecule has 19 heavy (non-hydrogen) atoms. The smallest absolute Gasteiger partial charge is 0.314 e. The van der Waals surface area contributed by atoms with E-state index in [1.54, 1.807) is 6.08 Å². The number of ketones is 1. The molecule has 0 fully saturated rings. The quantitative estimate of drug-likeness (QED) is 0.426. The van der Waals surface area contributed by atoms with Crippen LogP contribution in [0.25, 0.3) is 6.08 Å². The number of aliphatic carboxylic acids is 1. The van der Waals surface area contributed by atoms with Crippen LogP contribution in [0.15, 0.2) is 36.4 Å². The van der Waals surface area contributed by atoms with E-state index in [0.717, 1.165) is 12.0 Å². The van der Waals surface area contributed by atoms with Gasteiger partial charge in [-0.05, 0) is 31.0 Å². The largest absolute Gasteiger partial charge is 0.481 e. The molecule has 0 aliphatic heterocycles. The van der Waals surface area contributed by atoms with Gasteiger partial charge in [0.1, 0.15) is 5.92 Å².